The van der Waals surface area contributed by atoms with Gasteiger partial charge in [-0.2, -0.15) is 0 Å². The number of likely N-dealkylation sites (tertiary alicyclic amines) is 1. The highest BCUT2D eigenvalue weighted by Gasteiger charge is 2.53. The van der Waals surface area contributed by atoms with E-state index in [0.29, 0.717) is 18.9 Å². The first-order valence-electron chi connectivity index (χ1n) is 14.4. The van der Waals surface area contributed by atoms with Crippen LogP contribution in [-0.2, 0) is 22.4 Å². The van der Waals surface area contributed by atoms with Crippen LogP contribution in [0, 0.1) is 5.92 Å². The number of hydrogen-bond donors (Lipinski definition) is 1. The summed E-state index contributed by atoms with van der Waals surface area (Å²) in [6, 6.07) is 20.8. The molecule has 4 rings (SSSR count). The lowest BCUT2D eigenvalue weighted by Gasteiger charge is -2.52. The average molecular weight is 504 g/mol. The van der Waals surface area contributed by atoms with Crippen LogP contribution < -0.4 is 5.32 Å². The fourth-order valence-electron chi connectivity index (χ4n) is 6.05. The van der Waals surface area contributed by atoms with Crippen molar-refractivity contribution in [3.05, 3.63) is 71.8 Å². The molecule has 2 aromatic rings. The standard InChI is InChI=1S/C32H45N3O2/c1-26(2)25-29-30(36)35(22-12-18-28-15-8-4-9-16-28)32(31(37)33-29)19-23-34(24-20-32)21-11-5-10-17-27-13-6-3-7-14-27/h3-4,6-9,13-16,26,29H,5,10-12,17-25H2,1-2H3,(H,33,37)/t29-/m0/s1. The molecule has 0 radical (unpaired) electrons. The number of aryl methyl sites for hydroxylation is 2. The van der Waals surface area contributed by atoms with Crippen molar-refractivity contribution in [1.82, 2.24) is 15.1 Å². The summed E-state index contributed by atoms with van der Waals surface area (Å²) < 4.78 is 0. The third-order valence-electron chi connectivity index (χ3n) is 8.17. The van der Waals surface area contributed by atoms with E-state index in [2.05, 4.69) is 78.7 Å². The number of carbonyl (C=O) groups excluding carboxylic acids is 2. The second kappa shape index (κ2) is 13.2. The molecule has 2 aliphatic heterocycles. The minimum atomic E-state index is -0.689. The molecular weight excluding hydrogens is 458 g/mol. The molecule has 2 aromatic carbocycles. The Bertz CT molecular complexity index is 984. The van der Waals surface area contributed by atoms with E-state index in [1.165, 1.54) is 30.4 Å². The van der Waals surface area contributed by atoms with E-state index in [0.717, 1.165) is 51.7 Å². The summed E-state index contributed by atoms with van der Waals surface area (Å²) in [5.41, 5.74) is 2.01. The summed E-state index contributed by atoms with van der Waals surface area (Å²) in [5.74, 6) is 0.550. The van der Waals surface area contributed by atoms with Gasteiger partial charge in [0.15, 0.2) is 0 Å². The first kappa shape index (κ1) is 27.4. The van der Waals surface area contributed by atoms with Gasteiger partial charge < -0.3 is 15.1 Å². The van der Waals surface area contributed by atoms with Crippen molar-refractivity contribution in [2.75, 3.05) is 26.2 Å². The molecule has 0 aromatic heterocycles. The van der Waals surface area contributed by atoms with Crippen LogP contribution in [0.3, 0.4) is 0 Å². The highest BCUT2D eigenvalue weighted by molar-refractivity contribution is 6.00. The van der Waals surface area contributed by atoms with E-state index in [1.54, 1.807) is 0 Å². The fourth-order valence-corrected chi connectivity index (χ4v) is 6.05. The molecule has 0 unspecified atom stereocenters. The number of nitrogens with one attached hydrogen (secondary N) is 1. The summed E-state index contributed by atoms with van der Waals surface area (Å²) in [6.07, 6.45) is 8.72. The predicted octanol–water partition coefficient (Wildman–Crippen LogP) is 5.24. The molecule has 0 saturated carbocycles. The predicted molar refractivity (Wildman–Crippen MR) is 150 cm³/mol. The second-order valence-corrected chi connectivity index (χ2v) is 11.4. The lowest BCUT2D eigenvalue weighted by atomic mass is 9.80. The van der Waals surface area contributed by atoms with Gasteiger partial charge in [0.05, 0.1) is 0 Å². The lowest BCUT2D eigenvalue weighted by Crippen LogP contribution is -2.73. The zero-order valence-corrected chi connectivity index (χ0v) is 22.8. The fraction of sp³-hybridized carbons (Fsp3) is 0.562. The third-order valence-corrected chi connectivity index (χ3v) is 8.17. The molecule has 0 bridgehead atoms. The molecule has 5 heteroatoms. The topological polar surface area (TPSA) is 52.7 Å². The number of carbonyl (C=O) groups is 2. The summed E-state index contributed by atoms with van der Waals surface area (Å²) in [5, 5.41) is 3.14. The number of piperidine rings is 1. The van der Waals surface area contributed by atoms with Crippen LogP contribution in [0.25, 0.3) is 0 Å². The second-order valence-electron chi connectivity index (χ2n) is 11.4. The van der Waals surface area contributed by atoms with E-state index >= 15 is 0 Å². The lowest BCUT2D eigenvalue weighted by molar-refractivity contribution is -0.161. The average Bonchev–Trinajstić information content (AvgIpc) is 2.91. The molecule has 2 fully saturated rings. The monoisotopic (exact) mass is 503 g/mol. The maximum Gasteiger partial charge on any atom is 0.246 e. The van der Waals surface area contributed by atoms with Crippen LogP contribution in [0.5, 0.6) is 0 Å². The molecule has 5 nitrogen and oxygen atoms in total. The number of benzene rings is 2. The maximum atomic E-state index is 13.7. The Labute approximate surface area is 223 Å². The summed E-state index contributed by atoms with van der Waals surface area (Å²) in [6.45, 7) is 7.70. The Morgan fingerprint density at radius 2 is 1.41 bits per heavy atom. The molecule has 2 amide bonds. The first-order valence-corrected chi connectivity index (χ1v) is 14.4. The number of rotatable bonds is 12. The summed E-state index contributed by atoms with van der Waals surface area (Å²) in [7, 11) is 0. The normalized spacial score (nSPS) is 20.0. The van der Waals surface area contributed by atoms with Gasteiger partial charge in [0, 0.05) is 19.6 Å². The van der Waals surface area contributed by atoms with Gasteiger partial charge in [-0.3, -0.25) is 9.59 Å². The third kappa shape index (κ3) is 7.22. The summed E-state index contributed by atoms with van der Waals surface area (Å²) >= 11 is 0. The van der Waals surface area contributed by atoms with Crippen LogP contribution in [0.2, 0.25) is 0 Å². The molecule has 2 aliphatic rings. The number of hydrogen-bond acceptors (Lipinski definition) is 3. The van der Waals surface area contributed by atoms with Gasteiger partial charge in [0.1, 0.15) is 11.6 Å². The minimum Gasteiger partial charge on any atom is -0.342 e. The summed E-state index contributed by atoms with van der Waals surface area (Å²) in [4.78, 5) is 31.7. The van der Waals surface area contributed by atoms with Gasteiger partial charge in [-0.25, -0.2) is 0 Å². The van der Waals surface area contributed by atoms with E-state index in [4.69, 9.17) is 0 Å². The minimum absolute atomic E-state index is 0.0694. The number of amides is 2. The van der Waals surface area contributed by atoms with Gasteiger partial charge in [0.2, 0.25) is 11.8 Å². The number of piperazine rings is 1. The highest BCUT2D eigenvalue weighted by atomic mass is 16.2. The molecule has 1 atom stereocenters. The van der Waals surface area contributed by atoms with Crippen LogP contribution in [0.15, 0.2) is 60.7 Å². The Hall–Kier alpha value is -2.66. The van der Waals surface area contributed by atoms with Gasteiger partial charge >= 0.3 is 0 Å². The number of unbranched alkanes of at least 4 members (excludes halogenated alkanes) is 2. The Balaban J connectivity index is 1.32. The Morgan fingerprint density at radius 1 is 0.811 bits per heavy atom. The van der Waals surface area contributed by atoms with E-state index in [9.17, 15) is 9.59 Å². The van der Waals surface area contributed by atoms with Crippen LogP contribution in [-0.4, -0.2) is 59.4 Å². The van der Waals surface area contributed by atoms with Crippen molar-refractivity contribution < 1.29 is 9.59 Å². The van der Waals surface area contributed by atoms with Gasteiger partial charge in [-0.15, -0.1) is 0 Å². The van der Waals surface area contributed by atoms with Crippen molar-refractivity contribution in [3.63, 3.8) is 0 Å². The molecule has 1 spiro atoms. The van der Waals surface area contributed by atoms with Crippen molar-refractivity contribution >= 4 is 11.8 Å². The zero-order chi connectivity index (χ0) is 26.1. The first-order chi connectivity index (χ1) is 18.0. The molecule has 2 heterocycles. The van der Waals surface area contributed by atoms with Gasteiger partial charge in [0.25, 0.3) is 0 Å². The smallest absolute Gasteiger partial charge is 0.246 e. The van der Waals surface area contributed by atoms with Crippen molar-refractivity contribution in [2.45, 2.75) is 83.2 Å². The molecule has 2 saturated heterocycles. The molecule has 37 heavy (non-hydrogen) atoms. The SMILES string of the molecule is CC(C)C[C@@H]1NC(=O)C2(CCN(CCCCCc3ccccc3)CC2)N(CCCc2ccccc2)C1=O. The Kier molecular flexibility index (Phi) is 9.79. The van der Waals surface area contributed by atoms with Crippen LogP contribution in [0.4, 0.5) is 0 Å². The molecular formula is C32H45N3O2. The van der Waals surface area contributed by atoms with Crippen molar-refractivity contribution in [3.8, 4) is 0 Å². The molecule has 200 valence electrons. The van der Waals surface area contributed by atoms with Crippen molar-refractivity contribution in [1.29, 1.82) is 0 Å². The largest absolute Gasteiger partial charge is 0.342 e. The highest BCUT2D eigenvalue weighted by Crippen LogP contribution is 2.34. The molecule has 0 aliphatic carbocycles. The van der Waals surface area contributed by atoms with E-state index < -0.39 is 11.6 Å². The number of nitrogens with zero attached hydrogens (tertiary/aromatic N) is 2. The van der Waals surface area contributed by atoms with Crippen molar-refractivity contribution in [2.24, 2.45) is 5.92 Å². The van der Waals surface area contributed by atoms with E-state index in [1.807, 2.05) is 11.0 Å². The quantitative estimate of drug-likeness (QED) is 0.403. The molecule has 1 N–H and O–H groups in total. The van der Waals surface area contributed by atoms with Crippen LogP contribution in [0.1, 0.15) is 69.9 Å². The van der Waals surface area contributed by atoms with E-state index in [-0.39, 0.29) is 11.8 Å². The van der Waals surface area contributed by atoms with Gasteiger partial charge in [-0.1, -0.05) is 80.9 Å². The zero-order valence-electron chi connectivity index (χ0n) is 22.8. The maximum absolute atomic E-state index is 13.7. The Morgan fingerprint density at radius 3 is 2.00 bits per heavy atom. The van der Waals surface area contributed by atoms with Crippen LogP contribution >= 0.6 is 0 Å². The van der Waals surface area contributed by atoms with Gasteiger partial charge in [-0.05, 0) is 75.0 Å².